The molecule has 1 aliphatic rings. The number of carbonyl (C=O) groups is 1. The summed E-state index contributed by atoms with van der Waals surface area (Å²) in [6.07, 6.45) is 4.42. The quantitative estimate of drug-likeness (QED) is 0.848. The standard InChI is InChI=1S/C13H14Cl3NO2/c14-9-5-11(16)12(6-10(9)15)19-7-13(18)17-8-3-1-2-4-8/h5-6,8H,1-4,7H2,(H,17,18). The van der Waals surface area contributed by atoms with Crippen LogP contribution < -0.4 is 10.1 Å². The van der Waals surface area contributed by atoms with Gasteiger partial charge in [-0.1, -0.05) is 47.6 Å². The monoisotopic (exact) mass is 321 g/mol. The predicted molar refractivity (Wildman–Crippen MR) is 77.4 cm³/mol. The summed E-state index contributed by atoms with van der Waals surface area (Å²) in [6, 6.07) is 3.28. The van der Waals surface area contributed by atoms with E-state index < -0.39 is 0 Å². The van der Waals surface area contributed by atoms with Gasteiger partial charge in [0.15, 0.2) is 6.61 Å². The molecule has 1 N–H and O–H groups in total. The van der Waals surface area contributed by atoms with Crippen molar-refractivity contribution in [2.75, 3.05) is 6.61 Å². The van der Waals surface area contributed by atoms with Crippen molar-refractivity contribution in [3.8, 4) is 5.75 Å². The first-order chi connectivity index (χ1) is 9.06. The van der Waals surface area contributed by atoms with E-state index in [9.17, 15) is 4.79 Å². The van der Waals surface area contributed by atoms with Gasteiger partial charge in [0.05, 0.1) is 15.1 Å². The molecule has 0 spiro atoms. The molecule has 1 aromatic rings. The maximum Gasteiger partial charge on any atom is 0.258 e. The van der Waals surface area contributed by atoms with Gasteiger partial charge in [0.25, 0.3) is 5.91 Å². The average molecular weight is 323 g/mol. The van der Waals surface area contributed by atoms with Crippen LogP contribution in [-0.2, 0) is 4.79 Å². The molecule has 3 nitrogen and oxygen atoms in total. The molecule has 6 heteroatoms. The van der Waals surface area contributed by atoms with Gasteiger partial charge in [-0.05, 0) is 18.9 Å². The molecule has 104 valence electrons. The maximum atomic E-state index is 11.7. The van der Waals surface area contributed by atoms with Crippen molar-refractivity contribution in [3.63, 3.8) is 0 Å². The van der Waals surface area contributed by atoms with Crippen molar-refractivity contribution in [2.45, 2.75) is 31.7 Å². The number of benzene rings is 1. The Hall–Kier alpha value is -0.640. The Balaban J connectivity index is 1.87. The minimum absolute atomic E-state index is 0.0752. The van der Waals surface area contributed by atoms with Crippen LogP contribution >= 0.6 is 34.8 Å². The number of nitrogens with one attached hydrogen (secondary N) is 1. The van der Waals surface area contributed by atoms with Crippen LogP contribution in [0.1, 0.15) is 25.7 Å². The molecule has 0 saturated heterocycles. The smallest absolute Gasteiger partial charge is 0.258 e. The lowest BCUT2D eigenvalue weighted by molar-refractivity contribution is -0.123. The molecule has 0 atom stereocenters. The summed E-state index contributed by atoms with van der Waals surface area (Å²) < 4.78 is 5.36. The van der Waals surface area contributed by atoms with E-state index in [2.05, 4.69) is 5.32 Å². The third-order valence-electron chi connectivity index (χ3n) is 3.05. The minimum Gasteiger partial charge on any atom is -0.482 e. The highest BCUT2D eigenvalue weighted by molar-refractivity contribution is 6.43. The zero-order chi connectivity index (χ0) is 13.8. The second-order valence-electron chi connectivity index (χ2n) is 4.53. The van der Waals surface area contributed by atoms with Crippen molar-refractivity contribution in [1.29, 1.82) is 0 Å². The molecule has 0 heterocycles. The van der Waals surface area contributed by atoms with Crippen LogP contribution in [0.4, 0.5) is 0 Å². The summed E-state index contributed by atoms with van der Waals surface area (Å²) in [5, 5.41) is 3.97. The van der Waals surface area contributed by atoms with Crippen molar-refractivity contribution in [1.82, 2.24) is 5.32 Å². The molecule has 1 aromatic carbocycles. The molecule has 19 heavy (non-hydrogen) atoms. The van der Waals surface area contributed by atoms with Crippen LogP contribution in [-0.4, -0.2) is 18.6 Å². The second kappa shape index (κ2) is 6.69. The lowest BCUT2D eigenvalue weighted by Gasteiger charge is -2.13. The molecular weight excluding hydrogens is 309 g/mol. The van der Waals surface area contributed by atoms with E-state index >= 15 is 0 Å². The Morgan fingerprint density at radius 1 is 1.16 bits per heavy atom. The molecule has 0 radical (unpaired) electrons. The number of hydrogen-bond acceptors (Lipinski definition) is 2. The summed E-state index contributed by atoms with van der Waals surface area (Å²) in [7, 11) is 0. The number of halogens is 3. The highest BCUT2D eigenvalue weighted by Gasteiger charge is 2.17. The van der Waals surface area contributed by atoms with E-state index in [1.807, 2.05) is 0 Å². The normalized spacial score (nSPS) is 15.5. The van der Waals surface area contributed by atoms with Crippen molar-refractivity contribution in [2.24, 2.45) is 0 Å². The van der Waals surface area contributed by atoms with Gasteiger partial charge >= 0.3 is 0 Å². The fourth-order valence-electron chi connectivity index (χ4n) is 2.10. The molecule has 1 aliphatic carbocycles. The molecule has 1 saturated carbocycles. The Bertz CT molecular complexity index is 473. The lowest BCUT2D eigenvalue weighted by atomic mass is 10.2. The molecule has 1 amide bonds. The van der Waals surface area contributed by atoms with Gasteiger partial charge in [-0.15, -0.1) is 0 Å². The van der Waals surface area contributed by atoms with Gasteiger partial charge < -0.3 is 10.1 Å². The van der Waals surface area contributed by atoms with Gasteiger partial charge in [-0.25, -0.2) is 0 Å². The number of hydrogen-bond donors (Lipinski definition) is 1. The fourth-order valence-corrected chi connectivity index (χ4v) is 2.69. The molecule has 0 unspecified atom stereocenters. The molecule has 0 bridgehead atoms. The van der Waals surface area contributed by atoms with Crippen molar-refractivity contribution >= 4 is 40.7 Å². The van der Waals surface area contributed by atoms with E-state index in [0.717, 1.165) is 12.8 Å². The van der Waals surface area contributed by atoms with E-state index in [4.69, 9.17) is 39.5 Å². The van der Waals surface area contributed by atoms with Gasteiger partial charge in [-0.3, -0.25) is 4.79 Å². The summed E-state index contributed by atoms with van der Waals surface area (Å²) in [5.74, 6) is 0.215. The number of carbonyl (C=O) groups excluding carboxylic acids is 1. The molecule has 0 aliphatic heterocycles. The zero-order valence-electron chi connectivity index (χ0n) is 10.2. The largest absolute Gasteiger partial charge is 0.482 e. The van der Waals surface area contributed by atoms with Gasteiger partial charge in [0, 0.05) is 12.1 Å². The van der Waals surface area contributed by atoms with Gasteiger partial charge in [-0.2, -0.15) is 0 Å². The zero-order valence-corrected chi connectivity index (χ0v) is 12.5. The van der Waals surface area contributed by atoms with Crippen LogP contribution in [0.25, 0.3) is 0 Å². The number of ether oxygens (including phenoxy) is 1. The average Bonchev–Trinajstić information content (AvgIpc) is 2.85. The predicted octanol–water partition coefficient (Wildman–Crippen LogP) is 4.08. The molecular formula is C13H14Cl3NO2. The van der Waals surface area contributed by atoms with E-state index in [0.29, 0.717) is 20.8 Å². The topological polar surface area (TPSA) is 38.3 Å². The van der Waals surface area contributed by atoms with Crippen LogP contribution in [0.3, 0.4) is 0 Å². The van der Waals surface area contributed by atoms with Crippen LogP contribution in [0.15, 0.2) is 12.1 Å². The molecule has 1 fully saturated rings. The van der Waals surface area contributed by atoms with Crippen LogP contribution in [0.2, 0.25) is 15.1 Å². The van der Waals surface area contributed by atoms with Gasteiger partial charge in [0.1, 0.15) is 5.75 Å². The van der Waals surface area contributed by atoms with Crippen molar-refractivity contribution < 1.29 is 9.53 Å². The van der Waals surface area contributed by atoms with Crippen LogP contribution in [0.5, 0.6) is 5.75 Å². The second-order valence-corrected chi connectivity index (χ2v) is 5.76. The highest BCUT2D eigenvalue weighted by Crippen LogP contribution is 2.33. The Morgan fingerprint density at radius 2 is 1.79 bits per heavy atom. The highest BCUT2D eigenvalue weighted by atomic mass is 35.5. The number of amides is 1. The molecule has 2 rings (SSSR count). The first-order valence-corrected chi connectivity index (χ1v) is 7.26. The number of rotatable bonds is 4. The first-order valence-electron chi connectivity index (χ1n) is 6.13. The third kappa shape index (κ3) is 4.16. The summed E-state index contributed by atoms with van der Waals surface area (Å²) in [4.78, 5) is 11.7. The third-order valence-corrected chi connectivity index (χ3v) is 4.07. The summed E-state index contributed by atoms with van der Waals surface area (Å²) in [6.45, 7) is -0.0752. The summed E-state index contributed by atoms with van der Waals surface area (Å²) >= 11 is 17.6. The first kappa shape index (κ1) is 14.8. The van der Waals surface area contributed by atoms with Crippen LogP contribution in [0, 0.1) is 0 Å². The summed E-state index contributed by atoms with van der Waals surface area (Å²) in [5.41, 5.74) is 0. The minimum atomic E-state index is -0.144. The van der Waals surface area contributed by atoms with Gasteiger partial charge in [0.2, 0.25) is 0 Å². The fraction of sp³-hybridized carbons (Fsp3) is 0.462. The maximum absolute atomic E-state index is 11.7. The Kier molecular flexibility index (Phi) is 5.20. The van der Waals surface area contributed by atoms with E-state index in [-0.39, 0.29) is 18.6 Å². The van der Waals surface area contributed by atoms with E-state index in [1.54, 1.807) is 0 Å². The van der Waals surface area contributed by atoms with Crippen molar-refractivity contribution in [3.05, 3.63) is 27.2 Å². The SMILES string of the molecule is O=C(COc1cc(Cl)c(Cl)cc1Cl)NC1CCCC1. The molecule has 0 aromatic heterocycles. The lowest BCUT2D eigenvalue weighted by Crippen LogP contribution is -2.36. The van der Waals surface area contributed by atoms with E-state index in [1.165, 1.54) is 25.0 Å². The Labute approximate surface area is 127 Å². The Morgan fingerprint density at radius 3 is 2.47 bits per heavy atom.